The zero-order valence-electron chi connectivity index (χ0n) is 10.9. The van der Waals surface area contributed by atoms with E-state index in [0.717, 1.165) is 12.8 Å². The van der Waals surface area contributed by atoms with Gasteiger partial charge in [0.05, 0.1) is 19.4 Å². The normalized spacial score (nSPS) is 10.0. The Bertz CT molecular complexity index is 431. The summed E-state index contributed by atoms with van der Waals surface area (Å²) >= 11 is 5.76. The van der Waals surface area contributed by atoms with Crippen LogP contribution >= 0.6 is 11.6 Å². The van der Waals surface area contributed by atoms with Crippen LogP contribution in [0.1, 0.15) is 32.6 Å². The van der Waals surface area contributed by atoms with Crippen molar-refractivity contribution in [2.24, 2.45) is 0 Å². The first-order valence-corrected chi connectivity index (χ1v) is 6.61. The van der Waals surface area contributed by atoms with E-state index in [0.29, 0.717) is 17.4 Å². The molecule has 0 aliphatic carbocycles. The molecular weight excluding hydrogens is 268 g/mol. The molecule has 5 heteroatoms. The van der Waals surface area contributed by atoms with E-state index in [9.17, 15) is 9.59 Å². The standard InChI is InChI=1S/C14H17ClO4/c1-2-3-9-18-13(16)7-8-14(17)19-12-6-4-5-11(15)10-12/h4-6,10H,2-3,7-9H2,1H3. The molecule has 0 unspecified atom stereocenters. The number of esters is 2. The van der Waals surface area contributed by atoms with E-state index in [1.54, 1.807) is 24.3 Å². The van der Waals surface area contributed by atoms with Gasteiger partial charge in [0, 0.05) is 5.02 Å². The first kappa shape index (κ1) is 15.5. The Morgan fingerprint density at radius 3 is 2.63 bits per heavy atom. The summed E-state index contributed by atoms with van der Waals surface area (Å²) in [6, 6.07) is 6.54. The molecule has 19 heavy (non-hydrogen) atoms. The number of rotatable bonds is 7. The average molecular weight is 285 g/mol. The third-order valence-electron chi connectivity index (χ3n) is 2.32. The highest BCUT2D eigenvalue weighted by atomic mass is 35.5. The fraction of sp³-hybridized carbons (Fsp3) is 0.429. The van der Waals surface area contributed by atoms with Crippen molar-refractivity contribution in [3.05, 3.63) is 29.3 Å². The minimum Gasteiger partial charge on any atom is -0.466 e. The molecule has 0 amide bonds. The van der Waals surface area contributed by atoms with Crippen molar-refractivity contribution >= 4 is 23.5 Å². The van der Waals surface area contributed by atoms with Gasteiger partial charge in [-0.15, -0.1) is 0 Å². The van der Waals surface area contributed by atoms with E-state index in [-0.39, 0.29) is 18.8 Å². The highest BCUT2D eigenvalue weighted by Crippen LogP contribution is 2.17. The van der Waals surface area contributed by atoms with Gasteiger partial charge in [-0.3, -0.25) is 9.59 Å². The van der Waals surface area contributed by atoms with Crippen LogP contribution in [0.4, 0.5) is 0 Å². The van der Waals surface area contributed by atoms with Gasteiger partial charge in [-0.2, -0.15) is 0 Å². The molecule has 0 aromatic heterocycles. The van der Waals surface area contributed by atoms with Crippen LogP contribution in [0.15, 0.2) is 24.3 Å². The van der Waals surface area contributed by atoms with Crippen LogP contribution < -0.4 is 4.74 Å². The molecule has 1 rings (SSSR count). The molecule has 1 aromatic rings. The van der Waals surface area contributed by atoms with E-state index < -0.39 is 5.97 Å². The lowest BCUT2D eigenvalue weighted by molar-refractivity contribution is -0.147. The monoisotopic (exact) mass is 284 g/mol. The second kappa shape index (κ2) is 8.53. The van der Waals surface area contributed by atoms with Crippen molar-refractivity contribution in [2.45, 2.75) is 32.6 Å². The predicted molar refractivity (Wildman–Crippen MR) is 72.2 cm³/mol. The number of hydrogen-bond donors (Lipinski definition) is 0. The van der Waals surface area contributed by atoms with Crippen molar-refractivity contribution in [1.82, 2.24) is 0 Å². The van der Waals surface area contributed by atoms with Crippen LogP contribution in [-0.4, -0.2) is 18.5 Å². The van der Waals surface area contributed by atoms with Gasteiger partial charge in [-0.1, -0.05) is 31.0 Å². The van der Waals surface area contributed by atoms with Gasteiger partial charge < -0.3 is 9.47 Å². The number of halogens is 1. The Balaban J connectivity index is 2.26. The summed E-state index contributed by atoms with van der Waals surface area (Å²) in [5.74, 6) is -0.483. The molecule has 0 fully saturated rings. The van der Waals surface area contributed by atoms with Crippen molar-refractivity contribution in [2.75, 3.05) is 6.61 Å². The van der Waals surface area contributed by atoms with E-state index in [1.165, 1.54) is 0 Å². The highest BCUT2D eigenvalue weighted by Gasteiger charge is 2.10. The molecule has 4 nitrogen and oxygen atoms in total. The van der Waals surface area contributed by atoms with E-state index >= 15 is 0 Å². The summed E-state index contributed by atoms with van der Waals surface area (Å²) in [4.78, 5) is 22.8. The number of unbranched alkanes of at least 4 members (excludes halogenated alkanes) is 1. The first-order chi connectivity index (χ1) is 9.11. The second-order valence-electron chi connectivity index (χ2n) is 4.01. The van der Waals surface area contributed by atoms with E-state index in [2.05, 4.69) is 0 Å². The Hall–Kier alpha value is -1.55. The second-order valence-corrected chi connectivity index (χ2v) is 4.44. The Labute approximate surface area is 117 Å². The Kier molecular flexibility index (Phi) is 6.97. The number of carbonyl (C=O) groups excluding carboxylic acids is 2. The smallest absolute Gasteiger partial charge is 0.311 e. The summed E-state index contributed by atoms with van der Waals surface area (Å²) in [6.45, 7) is 2.41. The molecule has 0 spiro atoms. The molecule has 0 saturated carbocycles. The Morgan fingerprint density at radius 2 is 1.95 bits per heavy atom. The molecule has 0 aliphatic heterocycles. The SMILES string of the molecule is CCCCOC(=O)CCC(=O)Oc1cccc(Cl)c1. The average Bonchev–Trinajstić information content (AvgIpc) is 2.37. The van der Waals surface area contributed by atoms with Crippen LogP contribution in [0.3, 0.4) is 0 Å². The third kappa shape index (κ3) is 6.82. The van der Waals surface area contributed by atoms with Gasteiger partial charge in [0.2, 0.25) is 0 Å². The minimum absolute atomic E-state index is 0.00251. The summed E-state index contributed by atoms with van der Waals surface area (Å²) < 4.78 is 9.97. The lowest BCUT2D eigenvalue weighted by Gasteiger charge is -2.05. The van der Waals surface area contributed by atoms with Gasteiger partial charge in [-0.05, 0) is 24.6 Å². The molecule has 0 aliphatic rings. The van der Waals surface area contributed by atoms with Gasteiger partial charge in [-0.25, -0.2) is 0 Å². The van der Waals surface area contributed by atoms with Gasteiger partial charge in [0.15, 0.2) is 0 Å². The maximum atomic E-state index is 11.5. The first-order valence-electron chi connectivity index (χ1n) is 6.23. The van der Waals surface area contributed by atoms with Crippen molar-refractivity contribution in [1.29, 1.82) is 0 Å². The zero-order valence-corrected chi connectivity index (χ0v) is 11.6. The number of carbonyl (C=O) groups is 2. The summed E-state index contributed by atoms with van der Waals surface area (Å²) in [5, 5.41) is 0.490. The van der Waals surface area contributed by atoms with Crippen molar-refractivity contribution in [3.63, 3.8) is 0 Å². The van der Waals surface area contributed by atoms with Gasteiger partial charge in [0.1, 0.15) is 5.75 Å². The topological polar surface area (TPSA) is 52.6 Å². The number of ether oxygens (including phenoxy) is 2. The largest absolute Gasteiger partial charge is 0.466 e. The van der Waals surface area contributed by atoms with E-state index in [1.807, 2.05) is 6.92 Å². The lowest BCUT2D eigenvalue weighted by Crippen LogP contribution is -2.12. The van der Waals surface area contributed by atoms with Crippen LogP contribution in [0, 0.1) is 0 Å². The molecule has 0 bridgehead atoms. The molecular formula is C14H17ClO4. The summed E-state index contributed by atoms with van der Waals surface area (Å²) in [6.07, 6.45) is 1.82. The molecule has 0 radical (unpaired) electrons. The van der Waals surface area contributed by atoms with Crippen LogP contribution in [0.2, 0.25) is 5.02 Å². The number of benzene rings is 1. The number of hydrogen-bond acceptors (Lipinski definition) is 4. The fourth-order valence-corrected chi connectivity index (χ4v) is 1.50. The molecule has 0 heterocycles. The molecule has 1 aromatic carbocycles. The van der Waals surface area contributed by atoms with Gasteiger partial charge >= 0.3 is 11.9 Å². The van der Waals surface area contributed by atoms with Gasteiger partial charge in [0.25, 0.3) is 0 Å². The Morgan fingerprint density at radius 1 is 1.21 bits per heavy atom. The highest BCUT2D eigenvalue weighted by molar-refractivity contribution is 6.30. The van der Waals surface area contributed by atoms with Crippen molar-refractivity contribution < 1.29 is 19.1 Å². The van der Waals surface area contributed by atoms with Crippen LogP contribution in [-0.2, 0) is 14.3 Å². The molecule has 0 N–H and O–H groups in total. The van der Waals surface area contributed by atoms with E-state index in [4.69, 9.17) is 21.1 Å². The summed E-state index contributed by atoms with van der Waals surface area (Å²) in [7, 11) is 0. The minimum atomic E-state index is -0.477. The predicted octanol–water partition coefficient (Wildman–Crippen LogP) is 3.37. The fourth-order valence-electron chi connectivity index (χ4n) is 1.32. The molecule has 0 atom stereocenters. The lowest BCUT2D eigenvalue weighted by atomic mass is 10.3. The zero-order chi connectivity index (χ0) is 14.1. The maximum absolute atomic E-state index is 11.5. The van der Waals surface area contributed by atoms with Crippen LogP contribution in [0.5, 0.6) is 5.75 Å². The maximum Gasteiger partial charge on any atom is 0.311 e. The molecule has 104 valence electrons. The summed E-state index contributed by atoms with van der Waals surface area (Å²) in [5.41, 5.74) is 0. The quantitative estimate of drug-likeness (QED) is 0.438. The molecule has 0 saturated heterocycles. The third-order valence-corrected chi connectivity index (χ3v) is 2.56. The van der Waals surface area contributed by atoms with Crippen molar-refractivity contribution in [3.8, 4) is 5.75 Å². The van der Waals surface area contributed by atoms with Crippen LogP contribution in [0.25, 0.3) is 0 Å².